The first-order valence-electron chi connectivity index (χ1n) is 15.4. The SMILES string of the molecule is CCCCCCN(C(=O)C(Cc1ccccc1)NC(=O)OC(C)(C)C)C(C(=O)Nc1ccc(OC)cc1)c1ccccc1C. The number of nitrogens with one attached hydrogen (secondary N) is 2. The van der Waals surface area contributed by atoms with E-state index in [4.69, 9.17) is 9.47 Å². The number of aryl methyl sites for hydroxylation is 1. The van der Waals surface area contributed by atoms with Crippen LogP contribution in [0, 0.1) is 6.92 Å². The zero-order valence-electron chi connectivity index (χ0n) is 26.9. The van der Waals surface area contributed by atoms with Crippen LogP contribution in [0.5, 0.6) is 5.75 Å². The van der Waals surface area contributed by atoms with Crippen molar-refractivity contribution in [1.82, 2.24) is 10.2 Å². The maximum atomic E-state index is 14.6. The number of carbonyl (C=O) groups excluding carboxylic acids is 3. The largest absolute Gasteiger partial charge is 0.497 e. The molecule has 3 aromatic carbocycles. The molecule has 0 radical (unpaired) electrons. The van der Waals surface area contributed by atoms with Gasteiger partial charge in [-0.2, -0.15) is 0 Å². The van der Waals surface area contributed by atoms with Crippen LogP contribution >= 0.6 is 0 Å². The van der Waals surface area contributed by atoms with Crippen molar-refractivity contribution in [1.29, 1.82) is 0 Å². The van der Waals surface area contributed by atoms with Crippen LogP contribution in [-0.2, 0) is 20.7 Å². The van der Waals surface area contributed by atoms with Gasteiger partial charge in [-0.15, -0.1) is 0 Å². The minimum atomic E-state index is -0.960. The van der Waals surface area contributed by atoms with Gasteiger partial charge in [0.1, 0.15) is 23.4 Å². The van der Waals surface area contributed by atoms with E-state index < -0.39 is 23.8 Å². The third-order valence-electron chi connectivity index (χ3n) is 7.21. The molecule has 236 valence electrons. The number of hydrogen-bond acceptors (Lipinski definition) is 5. The van der Waals surface area contributed by atoms with E-state index in [-0.39, 0.29) is 18.2 Å². The van der Waals surface area contributed by atoms with Crippen LogP contribution in [0.4, 0.5) is 10.5 Å². The molecule has 8 heteroatoms. The van der Waals surface area contributed by atoms with Crippen molar-refractivity contribution in [2.45, 2.75) is 84.4 Å². The first kappa shape index (κ1) is 34.2. The van der Waals surface area contributed by atoms with Crippen LogP contribution in [0.15, 0.2) is 78.9 Å². The second kappa shape index (κ2) is 16.5. The molecule has 0 bridgehead atoms. The molecule has 3 rings (SSSR count). The molecule has 0 fully saturated rings. The molecule has 2 atom stereocenters. The molecule has 0 spiro atoms. The number of hydrogen-bond donors (Lipinski definition) is 2. The van der Waals surface area contributed by atoms with Crippen LogP contribution in [-0.4, -0.2) is 48.1 Å². The summed E-state index contributed by atoms with van der Waals surface area (Å²) in [5, 5.41) is 5.84. The maximum Gasteiger partial charge on any atom is 0.408 e. The molecule has 0 saturated heterocycles. The molecule has 0 saturated carbocycles. The van der Waals surface area contributed by atoms with Gasteiger partial charge < -0.3 is 25.0 Å². The lowest BCUT2D eigenvalue weighted by atomic mass is 9.96. The highest BCUT2D eigenvalue weighted by molar-refractivity contribution is 5.99. The Bertz CT molecular complexity index is 1350. The molecule has 2 unspecified atom stereocenters. The summed E-state index contributed by atoms with van der Waals surface area (Å²) in [4.78, 5) is 43.5. The first-order valence-corrected chi connectivity index (χ1v) is 15.4. The molecule has 0 aliphatic rings. The number of benzene rings is 3. The predicted octanol–water partition coefficient (Wildman–Crippen LogP) is 7.23. The summed E-state index contributed by atoms with van der Waals surface area (Å²) in [5.41, 5.74) is 2.32. The number of rotatable bonds is 14. The third-order valence-corrected chi connectivity index (χ3v) is 7.21. The molecule has 0 heterocycles. The predicted molar refractivity (Wildman–Crippen MR) is 175 cm³/mol. The fraction of sp³-hybridized carbons (Fsp3) is 0.417. The molecule has 0 aliphatic carbocycles. The van der Waals surface area contributed by atoms with Crippen LogP contribution in [0.2, 0.25) is 0 Å². The van der Waals surface area contributed by atoms with Gasteiger partial charge in [-0.3, -0.25) is 9.59 Å². The number of carbonyl (C=O) groups is 3. The second-order valence-corrected chi connectivity index (χ2v) is 12.0. The topological polar surface area (TPSA) is 97.0 Å². The van der Waals surface area contributed by atoms with Gasteiger partial charge in [-0.25, -0.2) is 4.79 Å². The van der Waals surface area contributed by atoms with E-state index >= 15 is 0 Å². The Balaban J connectivity index is 2.06. The van der Waals surface area contributed by atoms with E-state index in [1.54, 1.807) is 57.0 Å². The van der Waals surface area contributed by atoms with Gasteiger partial charge in [0.2, 0.25) is 5.91 Å². The van der Waals surface area contributed by atoms with Crippen LogP contribution in [0.25, 0.3) is 0 Å². The van der Waals surface area contributed by atoms with Crippen molar-refractivity contribution >= 4 is 23.6 Å². The Morgan fingerprint density at radius 1 is 0.864 bits per heavy atom. The lowest BCUT2D eigenvalue weighted by molar-refractivity contribution is -0.140. The minimum Gasteiger partial charge on any atom is -0.497 e. The van der Waals surface area contributed by atoms with Gasteiger partial charge in [0.05, 0.1) is 7.11 Å². The van der Waals surface area contributed by atoms with Crippen molar-refractivity contribution in [2.24, 2.45) is 0 Å². The van der Waals surface area contributed by atoms with Crippen LogP contribution in [0.1, 0.15) is 76.1 Å². The lowest BCUT2D eigenvalue weighted by Crippen LogP contribution is -2.53. The second-order valence-electron chi connectivity index (χ2n) is 12.0. The summed E-state index contributed by atoms with van der Waals surface area (Å²) in [5.74, 6) is -0.0264. The van der Waals surface area contributed by atoms with E-state index in [1.807, 2.05) is 61.5 Å². The Morgan fingerprint density at radius 3 is 2.14 bits per heavy atom. The quantitative estimate of drug-likeness (QED) is 0.190. The van der Waals surface area contributed by atoms with Crippen molar-refractivity contribution in [3.05, 3.63) is 95.6 Å². The molecule has 3 aromatic rings. The smallest absolute Gasteiger partial charge is 0.408 e. The Kier molecular flexibility index (Phi) is 12.8. The summed E-state index contributed by atoms with van der Waals surface area (Å²) in [7, 11) is 1.58. The fourth-order valence-corrected chi connectivity index (χ4v) is 5.00. The number of unbranched alkanes of at least 4 members (excludes halogenated alkanes) is 3. The maximum absolute atomic E-state index is 14.6. The van der Waals surface area contributed by atoms with E-state index in [0.29, 0.717) is 24.4 Å². The number of amides is 3. The normalized spacial score (nSPS) is 12.5. The molecule has 0 aliphatic heterocycles. The molecule has 2 N–H and O–H groups in total. The minimum absolute atomic E-state index is 0.241. The zero-order valence-corrected chi connectivity index (χ0v) is 26.9. The number of anilines is 1. The molecule has 44 heavy (non-hydrogen) atoms. The van der Waals surface area contributed by atoms with Gasteiger partial charge in [-0.05, 0) is 75.1 Å². The first-order chi connectivity index (χ1) is 21.0. The highest BCUT2D eigenvalue weighted by atomic mass is 16.6. The van der Waals surface area contributed by atoms with Crippen molar-refractivity contribution in [3.63, 3.8) is 0 Å². The Morgan fingerprint density at radius 2 is 1.52 bits per heavy atom. The number of nitrogens with zero attached hydrogens (tertiary/aromatic N) is 1. The van der Waals surface area contributed by atoms with E-state index in [1.165, 1.54) is 0 Å². The summed E-state index contributed by atoms with van der Waals surface area (Å²) in [6.45, 7) is 9.73. The van der Waals surface area contributed by atoms with E-state index in [9.17, 15) is 14.4 Å². The standard InChI is InChI=1S/C36H47N3O5/c1-7-8-9-15-24-39(34(41)31(25-27-17-11-10-12-18-27)38-35(42)44-36(3,4)5)32(30-19-14-13-16-26(30)2)33(40)37-28-20-22-29(43-6)23-21-28/h10-14,16-23,31-32H,7-9,15,24-25H2,1-6H3,(H,37,40)(H,38,42). The third kappa shape index (κ3) is 10.4. The molecule has 8 nitrogen and oxygen atoms in total. The lowest BCUT2D eigenvalue weighted by Gasteiger charge is -2.35. The van der Waals surface area contributed by atoms with Gasteiger partial charge in [-0.1, -0.05) is 80.8 Å². The van der Waals surface area contributed by atoms with Gasteiger partial charge in [0.15, 0.2) is 0 Å². The Labute approximate surface area is 262 Å². The summed E-state index contributed by atoms with van der Waals surface area (Å²) >= 11 is 0. The van der Waals surface area contributed by atoms with E-state index in [0.717, 1.165) is 36.0 Å². The monoisotopic (exact) mass is 601 g/mol. The summed E-state index contributed by atoms with van der Waals surface area (Å²) in [6.07, 6.45) is 3.22. The van der Waals surface area contributed by atoms with Crippen LogP contribution in [0.3, 0.4) is 0 Å². The zero-order chi connectivity index (χ0) is 32.1. The highest BCUT2D eigenvalue weighted by Gasteiger charge is 2.37. The van der Waals surface area contributed by atoms with Crippen molar-refractivity contribution < 1.29 is 23.9 Å². The Hall–Kier alpha value is -4.33. The molecular formula is C36H47N3O5. The molecule has 3 amide bonds. The van der Waals surface area contributed by atoms with Gasteiger partial charge in [0.25, 0.3) is 5.91 Å². The van der Waals surface area contributed by atoms with Gasteiger partial charge >= 0.3 is 6.09 Å². The van der Waals surface area contributed by atoms with Crippen molar-refractivity contribution in [2.75, 3.05) is 19.0 Å². The summed E-state index contributed by atoms with van der Waals surface area (Å²) in [6, 6.07) is 22.3. The van der Waals surface area contributed by atoms with Gasteiger partial charge in [0, 0.05) is 18.7 Å². The number of alkyl carbamates (subject to hydrolysis) is 1. The number of ether oxygens (including phenoxy) is 2. The average molecular weight is 602 g/mol. The number of methoxy groups -OCH3 is 1. The van der Waals surface area contributed by atoms with E-state index in [2.05, 4.69) is 17.6 Å². The summed E-state index contributed by atoms with van der Waals surface area (Å²) < 4.78 is 10.8. The highest BCUT2D eigenvalue weighted by Crippen LogP contribution is 2.28. The molecular weight excluding hydrogens is 554 g/mol. The fourth-order valence-electron chi connectivity index (χ4n) is 5.00. The van der Waals surface area contributed by atoms with Crippen LogP contribution < -0.4 is 15.4 Å². The average Bonchev–Trinajstić information content (AvgIpc) is 2.98. The van der Waals surface area contributed by atoms with Crippen molar-refractivity contribution in [3.8, 4) is 5.75 Å². The molecule has 0 aromatic heterocycles.